The Balaban J connectivity index is 2.55. The number of H-pyrrole nitrogens is 1. The lowest BCUT2D eigenvalue weighted by Crippen LogP contribution is -2.08. The van der Waals surface area contributed by atoms with Gasteiger partial charge >= 0.3 is 5.97 Å². The van der Waals surface area contributed by atoms with Gasteiger partial charge in [-0.25, -0.2) is 4.79 Å². The maximum atomic E-state index is 11.6. The third kappa shape index (κ3) is 3.34. The topological polar surface area (TPSA) is 80.4 Å². The Kier molecular flexibility index (Phi) is 4.16. The first kappa shape index (κ1) is 14.9. The highest BCUT2D eigenvalue weighted by molar-refractivity contribution is 6.04. The molecule has 1 aromatic carbocycles. The first-order valence-corrected chi connectivity index (χ1v) is 6.60. The molecule has 6 heteroatoms. The van der Waals surface area contributed by atoms with Gasteiger partial charge in [0, 0.05) is 24.4 Å². The number of esters is 1. The summed E-state index contributed by atoms with van der Waals surface area (Å²) in [6.45, 7) is 5.25. The van der Waals surface area contributed by atoms with E-state index in [0.717, 1.165) is 5.39 Å². The molecule has 2 aromatic rings. The summed E-state index contributed by atoms with van der Waals surface area (Å²) in [6, 6.07) is 5.16. The Morgan fingerprint density at radius 1 is 1.24 bits per heavy atom. The molecular weight excluding hydrogens is 272 g/mol. The molecule has 0 aliphatic carbocycles. The van der Waals surface area contributed by atoms with Crippen LogP contribution in [0.1, 0.15) is 31.3 Å². The number of hydrogen-bond acceptors (Lipinski definition) is 4. The van der Waals surface area contributed by atoms with E-state index in [1.54, 1.807) is 18.2 Å². The first-order chi connectivity index (χ1) is 9.90. The van der Waals surface area contributed by atoms with Crippen molar-refractivity contribution in [3.05, 3.63) is 23.9 Å². The number of nitrogens with one attached hydrogen (secondary N) is 2. The molecular formula is C15H18N2O4. The van der Waals surface area contributed by atoms with E-state index < -0.39 is 5.97 Å². The third-order valence-corrected chi connectivity index (χ3v) is 2.80. The standard InChI is InChI=1S/C15H18N2O4/c1-8(2)21-10-5-12(16-9(3)18)11-7-14(15(19)20-4)17-13(11)6-10/h5-8,17H,1-4H3,(H,16,18). The third-order valence-electron chi connectivity index (χ3n) is 2.80. The lowest BCUT2D eigenvalue weighted by Gasteiger charge is -2.12. The number of anilines is 1. The number of benzene rings is 1. The van der Waals surface area contributed by atoms with Crippen molar-refractivity contribution in [1.82, 2.24) is 4.98 Å². The SMILES string of the molecule is COC(=O)c1cc2c(NC(C)=O)cc(OC(C)C)cc2[nH]1. The number of carbonyl (C=O) groups excluding carboxylic acids is 2. The van der Waals surface area contributed by atoms with Crippen molar-refractivity contribution >= 4 is 28.5 Å². The van der Waals surface area contributed by atoms with Gasteiger partial charge in [0.15, 0.2) is 0 Å². The van der Waals surface area contributed by atoms with Gasteiger partial charge in [-0.1, -0.05) is 0 Å². The number of rotatable bonds is 4. The molecule has 0 fully saturated rings. The van der Waals surface area contributed by atoms with Gasteiger partial charge in [-0.2, -0.15) is 0 Å². The van der Waals surface area contributed by atoms with Crippen molar-refractivity contribution in [2.75, 3.05) is 12.4 Å². The highest BCUT2D eigenvalue weighted by Crippen LogP contribution is 2.30. The first-order valence-electron chi connectivity index (χ1n) is 6.60. The Hall–Kier alpha value is -2.50. The smallest absolute Gasteiger partial charge is 0.354 e. The Labute approximate surface area is 122 Å². The summed E-state index contributed by atoms with van der Waals surface area (Å²) >= 11 is 0. The van der Waals surface area contributed by atoms with Crippen LogP contribution in [0.5, 0.6) is 5.75 Å². The normalized spacial score (nSPS) is 10.7. The van der Waals surface area contributed by atoms with E-state index in [4.69, 9.17) is 9.47 Å². The second-order valence-electron chi connectivity index (χ2n) is 4.95. The summed E-state index contributed by atoms with van der Waals surface area (Å²) in [5.41, 5.74) is 1.60. The van der Waals surface area contributed by atoms with Crippen molar-refractivity contribution in [3.63, 3.8) is 0 Å². The van der Waals surface area contributed by atoms with Gasteiger partial charge in [-0.05, 0) is 19.9 Å². The van der Waals surface area contributed by atoms with Crippen molar-refractivity contribution < 1.29 is 19.1 Å². The number of aromatic nitrogens is 1. The largest absolute Gasteiger partial charge is 0.491 e. The molecule has 2 N–H and O–H groups in total. The predicted molar refractivity (Wildman–Crippen MR) is 79.7 cm³/mol. The van der Waals surface area contributed by atoms with E-state index in [1.165, 1.54) is 14.0 Å². The van der Waals surface area contributed by atoms with E-state index in [-0.39, 0.29) is 12.0 Å². The van der Waals surface area contributed by atoms with Crippen molar-refractivity contribution in [2.45, 2.75) is 26.9 Å². The second-order valence-corrected chi connectivity index (χ2v) is 4.95. The van der Waals surface area contributed by atoms with E-state index in [9.17, 15) is 9.59 Å². The Morgan fingerprint density at radius 3 is 2.52 bits per heavy atom. The zero-order chi connectivity index (χ0) is 15.6. The molecule has 1 aromatic heterocycles. The highest BCUT2D eigenvalue weighted by Gasteiger charge is 2.14. The molecule has 0 aliphatic heterocycles. The molecule has 112 valence electrons. The minimum atomic E-state index is -0.466. The predicted octanol–water partition coefficient (Wildman–Crippen LogP) is 2.70. The van der Waals surface area contributed by atoms with Crippen LogP contribution in [0.4, 0.5) is 5.69 Å². The Bertz CT molecular complexity index is 688. The van der Waals surface area contributed by atoms with Crippen molar-refractivity contribution in [3.8, 4) is 5.75 Å². The number of ether oxygens (including phenoxy) is 2. The average molecular weight is 290 g/mol. The van der Waals surface area contributed by atoms with E-state index in [1.807, 2.05) is 13.8 Å². The van der Waals surface area contributed by atoms with Crippen LogP contribution in [-0.2, 0) is 9.53 Å². The number of fused-ring (bicyclic) bond motifs is 1. The van der Waals surface area contributed by atoms with Crippen LogP contribution in [0, 0.1) is 0 Å². The van der Waals surface area contributed by atoms with Gasteiger partial charge in [0.1, 0.15) is 11.4 Å². The monoisotopic (exact) mass is 290 g/mol. The fourth-order valence-corrected chi connectivity index (χ4v) is 2.06. The molecule has 0 saturated carbocycles. The minimum Gasteiger partial charge on any atom is -0.491 e. The summed E-state index contributed by atoms with van der Waals surface area (Å²) in [5, 5.41) is 3.46. The molecule has 1 amide bonds. The van der Waals surface area contributed by atoms with Gasteiger partial charge in [-0.3, -0.25) is 4.79 Å². The molecule has 0 spiro atoms. The maximum Gasteiger partial charge on any atom is 0.354 e. The zero-order valence-corrected chi connectivity index (χ0v) is 12.4. The Morgan fingerprint density at radius 2 is 1.95 bits per heavy atom. The maximum absolute atomic E-state index is 11.6. The van der Waals surface area contributed by atoms with Crippen LogP contribution in [0.25, 0.3) is 10.9 Å². The lowest BCUT2D eigenvalue weighted by atomic mass is 10.2. The van der Waals surface area contributed by atoms with Crippen LogP contribution >= 0.6 is 0 Å². The molecule has 1 heterocycles. The van der Waals surface area contributed by atoms with E-state index in [2.05, 4.69) is 10.3 Å². The molecule has 0 saturated heterocycles. The number of aromatic amines is 1. The zero-order valence-electron chi connectivity index (χ0n) is 12.4. The van der Waals surface area contributed by atoms with Crippen LogP contribution in [0.2, 0.25) is 0 Å². The minimum absolute atomic E-state index is 0.00247. The summed E-state index contributed by atoms with van der Waals surface area (Å²) in [5.74, 6) is -0.0513. The number of methoxy groups -OCH3 is 1. The molecule has 0 unspecified atom stereocenters. The number of carbonyl (C=O) groups is 2. The summed E-state index contributed by atoms with van der Waals surface area (Å²) in [7, 11) is 1.32. The second kappa shape index (κ2) is 5.87. The molecule has 21 heavy (non-hydrogen) atoms. The molecule has 6 nitrogen and oxygen atoms in total. The molecule has 0 bridgehead atoms. The summed E-state index contributed by atoms with van der Waals surface area (Å²) in [6.07, 6.45) is 0.00247. The van der Waals surface area contributed by atoms with Crippen LogP contribution in [0.3, 0.4) is 0 Å². The van der Waals surface area contributed by atoms with E-state index >= 15 is 0 Å². The highest BCUT2D eigenvalue weighted by atomic mass is 16.5. The molecule has 2 rings (SSSR count). The van der Waals surface area contributed by atoms with Crippen LogP contribution < -0.4 is 10.1 Å². The van der Waals surface area contributed by atoms with E-state index in [0.29, 0.717) is 22.6 Å². The number of amides is 1. The summed E-state index contributed by atoms with van der Waals surface area (Å²) in [4.78, 5) is 25.9. The fraction of sp³-hybridized carbons (Fsp3) is 0.333. The van der Waals surface area contributed by atoms with Crippen LogP contribution in [0.15, 0.2) is 18.2 Å². The molecule has 0 atom stereocenters. The number of hydrogen-bond donors (Lipinski definition) is 2. The van der Waals surface area contributed by atoms with Gasteiger partial charge in [-0.15, -0.1) is 0 Å². The van der Waals surface area contributed by atoms with Gasteiger partial charge in [0.05, 0.1) is 24.4 Å². The van der Waals surface area contributed by atoms with Crippen molar-refractivity contribution in [2.24, 2.45) is 0 Å². The summed E-state index contributed by atoms with van der Waals surface area (Å²) < 4.78 is 10.3. The fourth-order valence-electron chi connectivity index (χ4n) is 2.06. The molecule has 0 radical (unpaired) electrons. The molecule has 0 aliphatic rings. The van der Waals surface area contributed by atoms with Gasteiger partial charge in [0.2, 0.25) is 5.91 Å². The van der Waals surface area contributed by atoms with Crippen molar-refractivity contribution in [1.29, 1.82) is 0 Å². The van der Waals surface area contributed by atoms with Crippen LogP contribution in [-0.4, -0.2) is 30.1 Å². The van der Waals surface area contributed by atoms with Gasteiger partial charge in [0.25, 0.3) is 0 Å². The van der Waals surface area contributed by atoms with Gasteiger partial charge < -0.3 is 19.8 Å². The average Bonchev–Trinajstić information content (AvgIpc) is 2.80. The quantitative estimate of drug-likeness (QED) is 0.848. The lowest BCUT2D eigenvalue weighted by molar-refractivity contribution is -0.114.